The van der Waals surface area contributed by atoms with E-state index in [4.69, 9.17) is 14.2 Å². The van der Waals surface area contributed by atoms with Crippen molar-refractivity contribution in [2.45, 2.75) is 6.61 Å². The Morgan fingerprint density at radius 2 is 1.12 bits per heavy atom. The van der Waals surface area contributed by atoms with Crippen molar-refractivity contribution >= 4 is 33.4 Å². The number of aromatic hydroxyl groups is 1. The van der Waals surface area contributed by atoms with Crippen LogP contribution in [-0.4, -0.2) is 68.1 Å². The van der Waals surface area contributed by atoms with Crippen LogP contribution in [0.4, 0.5) is 0 Å². The molecule has 0 unspecified atom stereocenters. The van der Waals surface area contributed by atoms with Crippen molar-refractivity contribution < 1.29 is 28.9 Å². The first-order valence-electron chi connectivity index (χ1n) is 13.9. The molecule has 0 saturated carbocycles. The summed E-state index contributed by atoms with van der Waals surface area (Å²) in [5.74, 6) is 0.243. The Morgan fingerprint density at radius 3 is 1.70 bits per heavy atom. The van der Waals surface area contributed by atoms with Crippen LogP contribution in [0.2, 0.25) is 0 Å². The average Bonchev–Trinajstić information content (AvgIpc) is 3.01. The maximum Gasteiger partial charge on any atom is 0.259 e. The van der Waals surface area contributed by atoms with Gasteiger partial charge in [-0.3, -0.25) is 9.59 Å². The smallest absolute Gasteiger partial charge is 0.259 e. The average molecular weight is 579 g/mol. The molecule has 8 heteroatoms. The van der Waals surface area contributed by atoms with Gasteiger partial charge in [0.1, 0.15) is 6.61 Å². The van der Waals surface area contributed by atoms with Crippen molar-refractivity contribution in [3.05, 3.63) is 96.6 Å². The first-order valence-corrected chi connectivity index (χ1v) is 13.9. The van der Waals surface area contributed by atoms with E-state index < -0.39 is 0 Å². The molecule has 0 aliphatic carbocycles. The van der Waals surface area contributed by atoms with E-state index in [0.717, 1.165) is 27.1 Å². The molecule has 0 aliphatic rings. The number of phenolic OH excluding ortho intramolecular Hbond substituents is 1. The lowest BCUT2D eigenvalue weighted by atomic mass is 9.91. The quantitative estimate of drug-likeness (QED) is 0.223. The van der Waals surface area contributed by atoms with Crippen molar-refractivity contribution in [3.63, 3.8) is 0 Å². The zero-order valence-electron chi connectivity index (χ0n) is 24.7. The van der Waals surface area contributed by atoms with Gasteiger partial charge in [0, 0.05) is 39.3 Å². The number of amides is 2. The van der Waals surface area contributed by atoms with Gasteiger partial charge < -0.3 is 29.1 Å². The summed E-state index contributed by atoms with van der Waals surface area (Å²) < 4.78 is 18.8. The maximum atomic E-state index is 12.7. The first-order chi connectivity index (χ1) is 20.7. The van der Waals surface area contributed by atoms with Crippen molar-refractivity contribution in [1.29, 1.82) is 0 Å². The van der Waals surface area contributed by atoms with Crippen LogP contribution in [-0.2, 0) is 16.2 Å². The van der Waals surface area contributed by atoms with Crippen LogP contribution >= 0.6 is 0 Å². The number of fused-ring (bicyclic) bond motifs is 2. The Morgan fingerprint density at radius 1 is 0.628 bits per heavy atom. The molecule has 0 radical (unpaired) electrons. The Balaban J connectivity index is 1.80. The molecule has 0 spiro atoms. The van der Waals surface area contributed by atoms with E-state index in [1.165, 1.54) is 9.80 Å². The highest BCUT2D eigenvalue weighted by Crippen LogP contribution is 2.52. The van der Waals surface area contributed by atoms with Gasteiger partial charge in [-0.05, 0) is 39.2 Å². The third-order valence-electron chi connectivity index (χ3n) is 7.11. The van der Waals surface area contributed by atoms with Crippen LogP contribution in [0.5, 0.6) is 23.0 Å². The highest BCUT2D eigenvalue weighted by molar-refractivity contribution is 6.11. The van der Waals surface area contributed by atoms with Crippen LogP contribution in [0, 0.1) is 0 Å². The van der Waals surface area contributed by atoms with E-state index in [1.54, 1.807) is 34.3 Å². The number of hydrogen-bond donors (Lipinski definition) is 1. The molecule has 8 nitrogen and oxygen atoms in total. The minimum Gasteiger partial charge on any atom is -0.504 e. The molecular formula is C35H34N2O6. The number of rotatable bonds is 10. The van der Waals surface area contributed by atoms with E-state index in [-0.39, 0.29) is 43.1 Å². The van der Waals surface area contributed by atoms with Crippen molar-refractivity contribution in [1.82, 2.24) is 9.80 Å². The summed E-state index contributed by atoms with van der Waals surface area (Å²) in [6.07, 6.45) is 0. The number of nitrogens with zero attached hydrogens (tertiary/aromatic N) is 2. The summed E-state index contributed by atoms with van der Waals surface area (Å²) in [6.45, 7) is -0.270. The van der Waals surface area contributed by atoms with E-state index in [9.17, 15) is 14.7 Å². The minimum atomic E-state index is -0.288. The number of hydrogen-bond acceptors (Lipinski definition) is 6. The lowest BCUT2D eigenvalue weighted by Crippen LogP contribution is -2.28. The van der Waals surface area contributed by atoms with E-state index in [1.807, 2.05) is 84.9 Å². The Bertz CT molecular complexity index is 1780. The van der Waals surface area contributed by atoms with Crippen molar-refractivity contribution in [2.75, 3.05) is 41.4 Å². The summed E-state index contributed by atoms with van der Waals surface area (Å²) >= 11 is 0. The molecule has 0 fully saturated rings. The zero-order chi connectivity index (χ0) is 30.5. The number of carbonyl (C=O) groups is 2. The largest absolute Gasteiger partial charge is 0.504 e. The fourth-order valence-corrected chi connectivity index (χ4v) is 4.77. The number of carbonyl (C=O) groups excluding carboxylic acids is 2. The van der Waals surface area contributed by atoms with Gasteiger partial charge in [-0.2, -0.15) is 0 Å². The first kappa shape index (κ1) is 29.3. The maximum absolute atomic E-state index is 12.7. The summed E-state index contributed by atoms with van der Waals surface area (Å²) in [7, 11) is 6.61. The standard InChI is InChI=1S/C35H34N2O6/c1-36(2)30(39)21-42-34-28(38)18-24-14-8-10-16-26(24)32(34)33-27-17-11-9-15-25(27)19-29(35(33)43-22-31(40)37(3)4)41-20-23-12-6-5-7-13-23/h5-19,38H,20-22H2,1-4H3. The minimum absolute atomic E-state index is 0.128. The van der Waals surface area contributed by atoms with E-state index in [2.05, 4.69) is 0 Å². The summed E-state index contributed by atoms with van der Waals surface area (Å²) in [5.41, 5.74) is 2.06. The van der Waals surface area contributed by atoms with Crippen molar-refractivity contribution in [2.24, 2.45) is 0 Å². The second kappa shape index (κ2) is 12.7. The lowest BCUT2D eigenvalue weighted by Gasteiger charge is -2.23. The second-order valence-electron chi connectivity index (χ2n) is 10.5. The molecule has 0 aliphatic heterocycles. The number of benzene rings is 5. The van der Waals surface area contributed by atoms with Crippen LogP contribution in [0.3, 0.4) is 0 Å². The van der Waals surface area contributed by atoms with Crippen LogP contribution in [0.25, 0.3) is 32.7 Å². The Kier molecular flexibility index (Phi) is 8.66. The normalized spacial score (nSPS) is 10.9. The van der Waals surface area contributed by atoms with Crippen molar-refractivity contribution in [3.8, 4) is 34.1 Å². The van der Waals surface area contributed by atoms with E-state index >= 15 is 0 Å². The zero-order valence-corrected chi connectivity index (χ0v) is 24.7. The molecule has 43 heavy (non-hydrogen) atoms. The van der Waals surface area contributed by atoms with Gasteiger partial charge in [-0.1, -0.05) is 78.9 Å². The molecule has 220 valence electrons. The highest BCUT2D eigenvalue weighted by atomic mass is 16.5. The molecule has 0 aromatic heterocycles. The lowest BCUT2D eigenvalue weighted by molar-refractivity contribution is -0.131. The Labute approximate surface area is 250 Å². The van der Waals surface area contributed by atoms with Gasteiger partial charge in [0.15, 0.2) is 36.2 Å². The van der Waals surface area contributed by atoms with Gasteiger partial charge >= 0.3 is 0 Å². The molecule has 2 amide bonds. The summed E-state index contributed by atoms with van der Waals surface area (Å²) in [6, 6.07) is 28.6. The predicted octanol–water partition coefficient (Wildman–Crippen LogP) is 5.88. The van der Waals surface area contributed by atoms with Gasteiger partial charge in [-0.25, -0.2) is 0 Å². The molecule has 5 aromatic rings. The molecule has 0 saturated heterocycles. The number of ether oxygens (including phenoxy) is 3. The van der Waals surface area contributed by atoms with Gasteiger partial charge in [0.2, 0.25) is 0 Å². The van der Waals surface area contributed by atoms with Crippen LogP contribution in [0.15, 0.2) is 91.0 Å². The molecule has 0 bridgehead atoms. The van der Waals surface area contributed by atoms with E-state index in [0.29, 0.717) is 22.6 Å². The SMILES string of the molecule is CN(C)C(=O)COc1c(O)cc2ccccc2c1-c1c(OCC(=O)N(C)C)c(OCc2ccccc2)cc2ccccc12. The molecule has 0 heterocycles. The molecule has 0 atom stereocenters. The molecular weight excluding hydrogens is 544 g/mol. The number of likely N-dealkylation sites (N-methyl/N-ethyl adjacent to an activating group) is 2. The molecule has 5 aromatic carbocycles. The predicted molar refractivity (Wildman–Crippen MR) is 168 cm³/mol. The third kappa shape index (κ3) is 6.33. The molecule has 5 rings (SSSR count). The van der Waals surface area contributed by atoms with Gasteiger partial charge in [-0.15, -0.1) is 0 Å². The molecule has 1 N–H and O–H groups in total. The summed E-state index contributed by atoms with van der Waals surface area (Å²) in [5, 5.41) is 14.5. The van der Waals surface area contributed by atoms with Gasteiger partial charge in [0.05, 0.1) is 0 Å². The van der Waals surface area contributed by atoms with Crippen LogP contribution in [0.1, 0.15) is 5.56 Å². The summed E-state index contributed by atoms with van der Waals surface area (Å²) in [4.78, 5) is 28.2. The van der Waals surface area contributed by atoms with Crippen LogP contribution < -0.4 is 14.2 Å². The highest BCUT2D eigenvalue weighted by Gasteiger charge is 2.26. The number of phenols is 1. The second-order valence-corrected chi connectivity index (χ2v) is 10.5. The Hall–Kier alpha value is -5.24. The van der Waals surface area contributed by atoms with Gasteiger partial charge in [0.25, 0.3) is 11.8 Å². The fourth-order valence-electron chi connectivity index (χ4n) is 4.77. The topological polar surface area (TPSA) is 88.5 Å². The third-order valence-corrected chi connectivity index (χ3v) is 7.11. The fraction of sp³-hybridized carbons (Fsp3) is 0.200. The monoisotopic (exact) mass is 578 g/mol.